The molecule has 0 unspecified atom stereocenters. The van der Waals surface area contributed by atoms with Gasteiger partial charge in [-0.05, 0) is 37.0 Å². The first-order chi connectivity index (χ1) is 10.4. The van der Waals surface area contributed by atoms with Gasteiger partial charge in [0.25, 0.3) is 0 Å². The Morgan fingerprint density at radius 1 is 1.23 bits per heavy atom. The van der Waals surface area contributed by atoms with Gasteiger partial charge in [-0.15, -0.1) is 13.2 Å². The van der Waals surface area contributed by atoms with Crippen LogP contribution < -0.4 is 10.1 Å². The molecule has 1 saturated carbocycles. The van der Waals surface area contributed by atoms with E-state index < -0.39 is 6.36 Å². The summed E-state index contributed by atoms with van der Waals surface area (Å²) in [5.41, 5.74) is 0.533. The summed E-state index contributed by atoms with van der Waals surface area (Å²) in [4.78, 5) is 2.24. The summed E-state index contributed by atoms with van der Waals surface area (Å²) in [7, 11) is 0. The molecule has 1 aromatic carbocycles. The molecule has 1 aliphatic heterocycles. The van der Waals surface area contributed by atoms with Crippen LogP contribution >= 0.6 is 0 Å². The van der Waals surface area contributed by atoms with Crippen molar-refractivity contribution < 1.29 is 23.0 Å². The lowest BCUT2D eigenvalue weighted by Crippen LogP contribution is -2.45. The Morgan fingerprint density at radius 2 is 1.91 bits per heavy atom. The van der Waals surface area contributed by atoms with E-state index in [0.717, 1.165) is 45.1 Å². The summed E-state index contributed by atoms with van der Waals surface area (Å²) in [6.45, 7) is 3.35. The lowest BCUT2D eigenvalue weighted by atomic mass is 9.98. The molecule has 1 heterocycles. The van der Waals surface area contributed by atoms with Gasteiger partial charge < -0.3 is 15.2 Å². The van der Waals surface area contributed by atoms with Crippen LogP contribution in [0.2, 0.25) is 0 Å². The number of hydrogen-bond donors (Lipinski definition) is 2. The number of nitrogens with zero attached hydrogens (tertiary/aromatic N) is 1. The van der Waals surface area contributed by atoms with Crippen molar-refractivity contribution in [2.24, 2.45) is 5.92 Å². The molecule has 1 aliphatic carbocycles. The lowest BCUT2D eigenvalue weighted by Gasteiger charge is -2.35. The Bertz CT molecular complexity index is 526. The molecule has 0 radical (unpaired) electrons. The van der Waals surface area contributed by atoms with E-state index in [9.17, 15) is 18.3 Å². The highest BCUT2D eigenvalue weighted by atomic mass is 19.4. The third-order valence-corrected chi connectivity index (χ3v) is 4.16. The first-order valence-electron chi connectivity index (χ1n) is 7.47. The fraction of sp³-hybridized carbons (Fsp3) is 0.600. The van der Waals surface area contributed by atoms with Crippen LogP contribution in [0.25, 0.3) is 0 Å². The normalized spacial score (nSPS) is 21.6. The number of nitrogens with one attached hydrogen (secondary N) is 1. The molecule has 7 heteroatoms. The van der Waals surface area contributed by atoms with Gasteiger partial charge in [-0.3, -0.25) is 4.90 Å². The molecular weight excluding hydrogens is 297 g/mol. The predicted molar refractivity (Wildman–Crippen MR) is 74.7 cm³/mol. The van der Waals surface area contributed by atoms with Crippen molar-refractivity contribution in [2.45, 2.75) is 25.2 Å². The summed E-state index contributed by atoms with van der Waals surface area (Å²) in [5, 5.41) is 13.4. The van der Waals surface area contributed by atoms with Crippen molar-refractivity contribution in [2.75, 3.05) is 26.2 Å². The van der Waals surface area contributed by atoms with Crippen LogP contribution in [0, 0.1) is 5.92 Å². The highest BCUT2D eigenvalue weighted by Gasteiger charge is 2.39. The third-order valence-electron chi connectivity index (χ3n) is 4.16. The van der Waals surface area contributed by atoms with Crippen LogP contribution in [-0.4, -0.2) is 42.5 Å². The average Bonchev–Trinajstić information content (AvgIpc) is 3.27. The van der Waals surface area contributed by atoms with Gasteiger partial charge in [0.05, 0.1) is 0 Å². The number of hydrogen-bond acceptors (Lipinski definition) is 4. The van der Waals surface area contributed by atoms with Gasteiger partial charge in [0.1, 0.15) is 11.5 Å². The molecule has 1 atom stereocenters. The van der Waals surface area contributed by atoms with Crippen molar-refractivity contribution in [1.82, 2.24) is 10.2 Å². The summed E-state index contributed by atoms with van der Waals surface area (Å²) in [6.07, 6.45) is -2.64. The Morgan fingerprint density at radius 3 is 2.50 bits per heavy atom. The highest BCUT2D eigenvalue weighted by molar-refractivity contribution is 5.42. The number of piperazine rings is 1. The highest BCUT2D eigenvalue weighted by Crippen LogP contribution is 2.47. The molecule has 122 valence electrons. The smallest absolute Gasteiger partial charge is 0.508 e. The van der Waals surface area contributed by atoms with Gasteiger partial charge >= 0.3 is 6.36 Å². The summed E-state index contributed by atoms with van der Waals surface area (Å²) in [6, 6.07) is 3.72. The van der Waals surface area contributed by atoms with Crippen LogP contribution in [0.3, 0.4) is 0 Å². The maximum absolute atomic E-state index is 12.4. The van der Waals surface area contributed by atoms with Crippen LogP contribution in [0.15, 0.2) is 18.2 Å². The second-order valence-corrected chi connectivity index (χ2v) is 5.84. The first kappa shape index (κ1) is 15.4. The molecular formula is C15H19F3N2O2. The topological polar surface area (TPSA) is 44.7 Å². The molecule has 1 aromatic rings. The number of aromatic hydroxyl groups is 1. The molecule has 0 bridgehead atoms. The Hall–Kier alpha value is -1.47. The zero-order valence-corrected chi connectivity index (χ0v) is 12.1. The Labute approximate surface area is 126 Å². The van der Waals surface area contributed by atoms with Gasteiger partial charge in [-0.1, -0.05) is 0 Å². The Kier molecular flexibility index (Phi) is 4.18. The van der Waals surface area contributed by atoms with Gasteiger partial charge in [0, 0.05) is 37.8 Å². The number of phenols is 1. The minimum Gasteiger partial charge on any atom is -0.508 e. The quantitative estimate of drug-likeness (QED) is 0.896. The number of alkyl halides is 3. The van der Waals surface area contributed by atoms with E-state index in [0.29, 0.717) is 11.5 Å². The van der Waals surface area contributed by atoms with E-state index in [-0.39, 0.29) is 17.5 Å². The SMILES string of the molecule is Oc1ccc(OC(F)(F)F)cc1[C@@H](C1CC1)N1CCNCC1. The van der Waals surface area contributed by atoms with Crippen LogP contribution in [0.1, 0.15) is 24.4 Å². The first-order valence-corrected chi connectivity index (χ1v) is 7.47. The second-order valence-electron chi connectivity index (χ2n) is 5.84. The van der Waals surface area contributed by atoms with Crippen molar-refractivity contribution >= 4 is 0 Å². The number of phenolic OH excluding ortho intramolecular Hbond substituents is 1. The fourth-order valence-corrected chi connectivity index (χ4v) is 3.09. The van der Waals surface area contributed by atoms with Crippen molar-refractivity contribution in [3.05, 3.63) is 23.8 Å². The van der Waals surface area contributed by atoms with E-state index in [1.807, 2.05) is 0 Å². The number of ether oxygens (including phenoxy) is 1. The standard InChI is InChI=1S/C15H19F3N2O2/c16-15(17,18)22-11-3-4-13(21)12(9-11)14(10-1-2-10)20-7-5-19-6-8-20/h3-4,9-10,14,19,21H,1-2,5-8H2/t14-/m1/s1. The van der Waals surface area contributed by atoms with Crippen LogP contribution in [0.4, 0.5) is 13.2 Å². The molecule has 22 heavy (non-hydrogen) atoms. The second kappa shape index (κ2) is 5.96. The molecule has 2 fully saturated rings. The lowest BCUT2D eigenvalue weighted by molar-refractivity contribution is -0.274. The van der Waals surface area contributed by atoms with E-state index in [1.165, 1.54) is 12.1 Å². The zero-order chi connectivity index (χ0) is 15.7. The van der Waals surface area contributed by atoms with E-state index in [1.54, 1.807) is 0 Å². The van der Waals surface area contributed by atoms with Gasteiger partial charge in [-0.25, -0.2) is 0 Å². The van der Waals surface area contributed by atoms with Crippen LogP contribution in [-0.2, 0) is 0 Å². The molecule has 0 aromatic heterocycles. The average molecular weight is 316 g/mol. The number of benzene rings is 1. The van der Waals surface area contributed by atoms with Crippen molar-refractivity contribution in [1.29, 1.82) is 0 Å². The van der Waals surface area contributed by atoms with E-state index in [2.05, 4.69) is 15.0 Å². The zero-order valence-electron chi connectivity index (χ0n) is 12.1. The van der Waals surface area contributed by atoms with Crippen molar-refractivity contribution in [3.8, 4) is 11.5 Å². The summed E-state index contributed by atoms with van der Waals surface area (Å²) < 4.78 is 41.2. The van der Waals surface area contributed by atoms with E-state index in [4.69, 9.17) is 0 Å². The molecule has 2 aliphatic rings. The molecule has 4 nitrogen and oxygen atoms in total. The maximum atomic E-state index is 12.4. The third kappa shape index (κ3) is 3.64. The molecule has 3 rings (SSSR count). The fourth-order valence-electron chi connectivity index (χ4n) is 3.09. The van der Waals surface area contributed by atoms with Gasteiger partial charge in [-0.2, -0.15) is 0 Å². The largest absolute Gasteiger partial charge is 0.573 e. The van der Waals surface area contributed by atoms with Crippen molar-refractivity contribution in [3.63, 3.8) is 0 Å². The molecule has 1 saturated heterocycles. The maximum Gasteiger partial charge on any atom is 0.573 e. The predicted octanol–water partition coefficient (Wildman–Crippen LogP) is 2.65. The van der Waals surface area contributed by atoms with Gasteiger partial charge in [0.2, 0.25) is 0 Å². The monoisotopic (exact) mass is 316 g/mol. The number of rotatable bonds is 4. The molecule has 0 spiro atoms. The van der Waals surface area contributed by atoms with Crippen LogP contribution in [0.5, 0.6) is 11.5 Å². The molecule has 0 amide bonds. The Balaban J connectivity index is 1.87. The molecule has 2 N–H and O–H groups in total. The minimum atomic E-state index is -4.72. The minimum absolute atomic E-state index is 0.0324. The van der Waals surface area contributed by atoms with Gasteiger partial charge in [0.15, 0.2) is 0 Å². The van der Waals surface area contributed by atoms with E-state index >= 15 is 0 Å². The number of halogens is 3. The summed E-state index contributed by atoms with van der Waals surface area (Å²) >= 11 is 0. The summed E-state index contributed by atoms with van der Waals surface area (Å²) in [5.74, 6) is 0.149.